The van der Waals surface area contributed by atoms with Crippen molar-refractivity contribution in [2.75, 3.05) is 7.11 Å². The van der Waals surface area contributed by atoms with Gasteiger partial charge in [-0.2, -0.15) is 8.42 Å². The smallest absolute Gasteiger partial charge is 0.298 e. The molecule has 0 radical (unpaired) electrons. The van der Waals surface area contributed by atoms with Gasteiger partial charge >= 0.3 is 0 Å². The molecule has 2 aromatic rings. The predicted molar refractivity (Wildman–Crippen MR) is 74.3 cm³/mol. The van der Waals surface area contributed by atoms with E-state index in [1.165, 1.54) is 19.2 Å². The van der Waals surface area contributed by atoms with Gasteiger partial charge in [0.05, 0.1) is 12.7 Å². The van der Waals surface area contributed by atoms with E-state index in [0.717, 1.165) is 12.1 Å². The van der Waals surface area contributed by atoms with E-state index in [0.29, 0.717) is 0 Å². The molecule has 0 aromatic heterocycles. The van der Waals surface area contributed by atoms with E-state index in [9.17, 15) is 18.3 Å². The Kier molecular flexibility index (Phi) is 5.71. The van der Waals surface area contributed by atoms with Crippen molar-refractivity contribution in [2.45, 2.75) is 4.90 Å². The maximum atomic E-state index is 12.3. The zero-order chi connectivity index (χ0) is 15.6. The van der Waals surface area contributed by atoms with Gasteiger partial charge in [0, 0.05) is 28.1 Å². The summed E-state index contributed by atoms with van der Waals surface area (Å²) in [5, 5.41) is 9.87. The summed E-state index contributed by atoms with van der Waals surface area (Å²) in [5.41, 5.74) is 0.0360. The van der Waals surface area contributed by atoms with Crippen molar-refractivity contribution >= 4 is 15.9 Å². The van der Waals surface area contributed by atoms with Crippen LogP contribution in [0.4, 0.5) is 0 Å². The van der Waals surface area contributed by atoms with E-state index >= 15 is 0 Å². The first-order valence-corrected chi connectivity index (χ1v) is 7.27. The van der Waals surface area contributed by atoms with Crippen LogP contribution in [0.25, 0.3) is 0 Å². The average molecular weight is 367 g/mol. The fraction of sp³-hybridized carbons (Fsp3) is 0.0714. The van der Waals surface area contributed by atoms with E-state index < -0.39 is 26.5 Å². The Morgan fingerprint density at radius 1 is 1.14 bits per heavy atom. The summed E-state index contributed by atoms with van der Waals surface area (Å²) in [5.74, 6) is -1.26. The summed E-state index contributed by atoms with van der Waals surface area (Å²) >= 11 is 0. The van der Waals surface area contributed by atoms with Crippen LogP contribution < -0.4 is 4.74 Å². The molecule has 120 valence electrons. The van der Waals surface area contributed by atoms with Gasteiger partial charge in [0.25, 0.3) is 10.1 Å². The number of carbonyl (C=O) groups excluding carboxylic acids is 1. The van der Waals surface area contributed by atoms with Crippen molar-refractivity contribution in [3.05, 3.63) is 53.6 Å². The third kappa shape index (κ3) is 3.65. The Balaban J connectivity index is 0.00000242. The molecule has 6 nitrogen and oxygen atoms in total. The standard InChI is InChI=1S/C14H12O6S.Ni/c1-20-12-8-11(15)10(7-13(12)21(17,18)19)14(16)9-5-3-2-4-6-9;/h2-8,15H,1H3,(H,17,18,19);. The van der Waals surface area contributed by atoms with E-state index in [4.69, 9.17) is 9.29 Å². The second-order valence-corrected chi connectivity index (χ2v) is 5.58. The predicted octanol–water partition coefficient (Wildman–Crippen LogP) is 1.88. The van der Waals surface area contributed by atoms with Crippen LogP contribution in [0, 0.1) is 0 Å². The van der Waals surface area contributed by atoms with Crippen LogP contribution in [0.5, 0.6) is 11.5 Å². The molecule has 0 saturated heterocycles. The second-order valence-electron chi connectivity index (χ2n) is 4.19. The zero-order valence-corrected chi connectivity index (χ0v) is 13.1. The van der Waals surface area contributed by atoms with Crippen molar-refractivity contribution in [1.82, 2.24) is 0 Å². The number of phenols is 1. The van der Waals surface area contributed by atoms with Gasteiger partial charge in [-0.05, 0) is 6.07 Å². The molecule has 0 bridgehead atoms. The average Bonchev–Trinajstić information content (AvgIpc) is 2.45. The fourth-order valence-electron chi connectivity index (χ4n) is 1.84. The van der Waals surface area contributed by atoms with Crippen molar-refractivity contribution in [2.24, 2.45) is 0 Å². The molecule has 2 rings (SSSR count). The largest absolute Gasteiger partial charge is 0.507 e. The maximum Gasteiger partial charge on any atom is 0.298 e. The Bertz CT molecular complexity index is 786. The Morgan fingerprint density at radius 3 is 2.23 bits per heavy atom. The minimum absolute atomic E-state index is 0. The van der Waals surface area contributed by atoms with Crippen LogP contribution in [0.1, 0.15) is 15.9 Å². The second kappa shape index (κ2) is 6.92. The summed E-state index contributed by atoms with van der Waals surface area (Å²) in [7, 11) is -3.41. The van der Waals surface area contributed by atoms with Crippen molar-refractivity contribution in [3.63, 3.8) is 0 Å². The molecule has 2 aromatic carbocycles. The van der Waals surface area contributed by atoms with Gasteiger partial charge in [-0.25, -0.2) is 0 Å². The molecule has 0 aliphatic carbocycles. The topological polar surface area (TPSA) is 101 Å². The third-order valence-electron chi connectivity index (χ3n) is 2.84. The fourth-order valence-corrected chi connectivity index (χ4v) is 2.50. The van der Waals surface area contributed by atoms with Gasteiger partial charge in [-0.1, -0.05) is 30.3 Å². The SMILES string of the molecule is COc1cc(O)c(C(=O)c2ccccc2)cc1S(=O)(=O)O.[Ni]. The molecule has 0 fully saturated rings. The van der Waals surface area contributed by atoms with Gasteiger partial charge in [0.1, 0.15) is 16.4 Å². The number of ether oxygens (including phenoxy) is 1. The molecule has 0 amide bonds. The first-order chi connectivity index (χ1) is 9.84. The number of phenolic OH excluding ortho intramolecular Hbond substituents is 1. The monoisotopic (exact) mass is 366 g/mol. The Labute approximate surface area is 137 Å². The first kappa shape index (κ1) is 18.2. The van der Waals surface area contributed by atoms with Crippen LogP contribution in [0.15, 0.2) is 47.4 Å². The molecule has 22 heavy (non-hydrogen) atoms. The number of carbonyl (C=O) groups is 1. The third-order valence-corrected chi connectivity index (χ3v) is 3.72. The van der Waals surface area contributed by atoms with Gasteiger partial charge in [-0.15, -0.1) is 0 Å². The zero-order valence-electron chi connectivity index (χ0n) is 11.3. The molecule has 0 aliphatic rings. The van der Waals surface area contributed by atoms with Crippen molar-refractivity contribution < 1.29 is 44.1 Å². The van der Waals surface area contributed by atoms with Crippen LogP contribution in [-0.2, 0) is 26.6 Å². The summed E-state index contributed by atoms with van der Waals surface area (Å²) in [6.07, 6.45) is 0. The molecule has 8 heteroatoms. The molecular formula is C14H12NiO6S. The van der Waals surface area contributed by atoms with Crippen LogP contribution >= 0.6 is 0 Å². The van der Waals surface area contributed by atoms with Gasteiger partial charge in [-0.3, -0.25) is 9.35 Å². The molecule has 2 N–H and O–H groups in total. The molecule has 0 heterocycles. The number of rotatable bonds is 4. The minimum Gasteiger partial charge on any atom is -0.507 e. The van der Waals surface area contributed by atoms with Gasteiger partial charge in [0.2, 0.25) is 0 Å². The normalized spacial score (nSPS) is 10.6. The number of hydrogen-bond acceptors (Lipinski definition) is 5. The first-order valence-electron chi connectivity index (χ1n) is 5.83. The molecule has 0 spiro atoms. The molecule has 0 saturated carbocycles. The molecular weight excluding hydrogens is 355 g/mol. The summed E-state index contributed by atoms with van der Waals surface area (Å²) in [4.78, 5) is 11.7. The minimum atomic E-state index is -4.59. The van der Waals surface area contributed by atoms with Crippen LogP contribution in [0.2, 0.25) is 0 Å². The summed E-state index contributed by atoms with van der Waals surface area (Å²) in [6, 6.07) is 9.90. The molecule has 0 aliphatic heterocycles. The van der Waals surface area contributed by atoms with E-state index in [-0.39, 0.29) is 33.4 Å². The Hall–Kier alpha value is -1.89. The summed E-state index contributed by atoms with van der Waals surface area (Å²) < 4.78 is 36.6. The molecule has 0 unspecified atom stereocenters. The van der Waals surface area contributed by atoms with E-state index in [1.54, 1.807) is 18.2 Å². The van der Waals surface area contributed by atoms with Crippen LogP contribution in [0.3, 0.4) is 0 Å². The summed E-state index contributed by atoms with van der Waals surface area (Å²) in [6.45, 7) is 0. The number of benzene rings is 2. The molecule has 0 atom stereocenters. The maximum absolute atomic E-state index is 12.3. The van der Waals surface area contributed by atoms with Crippen LogP contribution in [-0.4, -0.2) is 31.0 Å². The Morgan fingerprint density at radius 2 is 1.73 bits per heavy atom. The van der Waals surface area contributed by atoms with E-state index in [2.05, 4.69) is 0 Å². The van der Waals surface area contributed by atoms with E-state index in [1.807, 2.05) is 0 Å². The number of ketones is 1. The van der Waals surface area contributed by atoms with Crippen molar-refractivity contribution in [3.8, 4) is 11.5 Å². The van der Waals surface area contributed by atoms with Gasteiger partial charge < -0.3 is 9.84 Å². The number of hydrogen-bond donors (Lipinski definition) is 2. The number of methoxy groups -OCH3 is 1. The van der Waals surface area contributed by atoms with Gasteiger partial charge in [0.15, 0.2) is 5.78 Å². The van der Waals surface area contributed by atoms with Crippen molar-refractivity contribution in [1.29, 1.82) is 0 Å². The number of aromatic hydroxyl groups is 1. The quantitative estimate of drug-likeness (QED) is 0.486.